The number of nitrogens with zero attached hydrogens (tertiary/aromatic N) is 3. The third kappa shape index (κ3) is 4.58. The largest absolute Gasteiger partial charge is 0.329 e. The molecule has 0 radical (unpaired) electrons. The van der Waals surface area contributed by atoms with Gasteiger partial charge in [-0.1, -0.05) is 78.9 Å². The van der Waals surface area contributed by atoms with Gasteiger partial charge in [0.05, 0.1) is 0 Å². The Bertz CT molecular complexity index is 1170. The molecule has 156 valence electrons. The van der Waals surface area contributed by atoms with Gasteiger partial charge in [0.15, 0.2) is 5.69 Å². The zero-order chi connectivity index (χ0) is 21.8. The highest BCUT2D eigenvalue weighted by molar-refractivity contribution is 5.92. The maximum absolute atomic E-state index is 13.5. The van der Waals surface area contributed by atoms with Crippen LogP contribution in [0.1, 0.15) is 32.9 Å². The summed E-state index contributed by atoms with van der Waals surface area (Å²) in [5.74, 6) is -0.0604. The molecule has 0 atom stereocenters. The summed E-state index contributed by atoms with van der Waals surface area (Å²) in [6, 6.07) is 28.7. The maximum atomic E-state index is 13.5. The topological polar surface area (TPSA) is 38.1 Å². The van der Waals surface area contributed by atoms with Crippen LogP contribution < -0.4 is 0 Å². The lowest BCUT2D eigenvalue weighted by Gasteiger charge is -2.24. The first-order valence-electron chi connectivity index (χ1n) is 10.5. The summed E-state index contributed by atoms with van der Waals surface area (Å²) in [5, 5.41) is 4.44. The van der Waals surface area contributed by atoms with E-state index in [1.54, 1.807) is 4.68 Å². The number of rotatable bonds is 6. The second-order valence-corrected chi connectivity index (χ2v) is 7.91. The van der Waals surface area contributed by atoms with Crippen molar-refractivity contribution in [3.8, 4) is 11.1 Å². The highest BCUT2D eigenvalue weighted by Crippen LogP contribution is 2.26. The van der Waals surface area contributed by atoms with Crippen LogP contribution >= 0.6 is 0 Å². The number of carbonyl (C=O) groups is 1. The predicted octanol–water partition coefficient (Wildman–Crippen LogP) is 5.55. The van der Waals surface area contributed by atoms with E-state index in [1.807, 2.05) is 67.4 Å². The minimum absolute atomic E-state index is 0.0604. The molecule has 0 aliphatic heterocycles. The van der Waals surface area contributed by atoms with Crippen molar-refractivity contribution >= 4 is 5.91 Å². The minimum Gasteiger partial charge on any atom is -0.329 e. The normalized spacial score (nSPS) is 10.8. The molecule has 4 nitrogen and oxygen atoms in total. The highest BCUT2D eigenvalue weighted by Gasteiger charge is 2.21. The van der Waals surface area contributed by atoms with Crippen LogP contribution in [0.4, 0.5) is 0 Å². The lowest BCUT2D eigenvalue weighted by molar-refractivity contribution is 0.0723. The van der Waals surface area contributed by atoms with Gasteiger partial charge in [0.2, 0.25) is 0 Å². The van der Waals surface area contributed by atoms with Gasteiger partial charge in [0, 0.05) is 25.8 Å². The molecule has 0 saturated heterocycles. The van der Waals surface area contributed by atoms with E-state index in [4.69, 9.17) is 0 Å². The van der Waals surface area contributed by atoms with Crippen molar-refractivity contribution in [1.82, 2.24) is 14.7 Å². The SMILES string of the molecule is Cc1ccccc1CN(Cc1ccccc1-c1ccccc1)C(=O)c1cc(C)n(C)n1. The molecule has 0 unspecified atom stereocenters. The molecular weight excluding hydrogens is 382 g/mol. The van der Waals surface area contributed by atoms with E-state index in [2.05, 4.69) is 48.4 Å². The Balaban J connectivity index is 1.72. The average molecular weight is 410 g/mol. The summed E-state index contributed by atoms with van der Waals surface area (Å²) in [5.41, 5.74) is 7.16. The van der Waals surface area contributed by atoms with Gasteiger partial charge in [-0.2, -0.15) is 5.10 Å². The second-order valence-electron chi connectivity index (χ2n) is 7.91. The van der Waals surface area contributed by atoms with Crippen LogP contribution in [0.25, 0.3) is 11.1 Å². The Morgan fingerprint density at radius 1 is 0.839 bits per heavy atom. The van der Waals surface area contributed by atoms with Gasteiger partial charge in [-0.15, -0.1) is 0 Å². The van der Waals surface area contributed by atoms with Crippen LogP contribution in [0.3, 0.4) is 0 Å². The molecule has 31 heavy (non-hydrogen) atoms. The van der Waals surface area contributed by atoms with Crippen molar-refractivity contribution in [2.24, 2.45) is 7.05 Å². The third-order valence-electron chi connectivity index (χ3n) is 5.71. The van der Waals surface area contributed by atoms with E-state index in [9.17, 15) is 4.79 Å². The first kappa shape index (κ1) is 20.6. The summed E-state index contributed by atoms with van der Waals surface area (Å²) < 4.78 is 1.75. The lowest BCUT2D eigenvalue weighted by atomic mass is 9.99. The number of hydrogen-bond donors (Lipinski definition) is 0. The van der Waals surface area contributed by atoms with Gasteiger partial charge in [0.1, 0.15) is 0 Å². The molecule has 1 amide bonds. The van der Waals surface area contributed by atoms with Crippen LogP contribution in [0, 0.1) is 13.8 Å². The Morgan fingerprint density at radius 2 is 1.45 bits per heavy atom. The fourth-order valence-corrected chi connectivity index (χ4v) is 3.78. The molecule has 1 aromatic heterocycles. The first-order valence-corrected chi connectivity index (χ1v) is 10.5. The zero-order valence-corrected chi connectivity index (χ0v) is 18.2. The van der Waals surface area contributed by atoms with Crippen LogP contribution in [0.15, 0.2) is 84.9 Å². The number of amides is 1. The summed E-state index contributed by atoms with van der Waals surface area (Å²) in [4.78, 5) is 15.4. The van der Waals surface area contributed by atoms with Gasteiger partial charge in [-0.3, -0.25) is 9.48 Å². The molecule has 4 rings (SSSR count). The first-order chi connectivity index (χ1) is 15.0. The molecule has 0 bridgehead atoms. The minimum atomic E-state index is -0.0604. The molecule has 1 heterocycles. The van der Waals surface area contributed by atoms with Gasteiger partial charge >= 0.3 is 0 Å². The van der Waals surface area contributed by atoms with Gasteiger partial charge in [0.25, 0.3) is 5.91 Å². The van der Waals surface area contributed by atoms with Crippen molar-refractivity contribution in [3.63, 3.8) is 0 Å². The third-order valence-corrected chi connectivity index (χ3v) is 5.71. The van der Waals surface area contributed by atoms with Gasteiger partial charge in [-0.05, 0) is 47.7 Å². The van der Waals surface area contributed by atoms with E-state index in [0.29, 0.717) is 18.8 Å². The summed E-state index contributed by atoms with van der Waals surface area (Å²) in [6.07, 6.45) is 0. The average Bonchev–Trinajstić information content (AvgIpc) is 3.13. The van der Waals surface area contributed by atoms with E-state index >= 15 is 0 Å². The standard InChI is InChI=1S/C27H27N3O/c1-20-11-7-8-14-23(20)18-30(27(31)26-17-21(2)29(3)28-26)19-24-15-9-10-16-25(24)22-12-5-4-6-13-22/h4-17H,18-19H2,1-3H3. The van der Waals surface area contributed by atoms with Crippen LogP contribution in [-0.4, -0.2) is 20.6 Å². The number of aryl methyl sites for hydroxylation is 3. The molecule has 0 aliphatic carbocycles. The molecule has 0 N–H and O–H groups in total. The number of hydrogen-bond acceptors (Lipinski definition) is 2. The Morgan fingerprint density at radius 3 is 2.13 bits per heavy atom. The van der Waals surface area contributed by atoms with E-state index in [1.165, 1.54) is 5.56 Å². The Hall–Kier alpha value is -3.66. The molecule has 4 heteroatoms. The number of benzene rings is 3. The molecule has 0 spiro atoms. The predicted molar refractivity (Wildman–Crippen MR) is 125 cm³/mol. The second kappa shape index (κ2) is 9.00. The van der Waals surface area contributed by atoms with Crippen molar-refractivity contribution in [3.05, 3.63) is 113 Å². The van der Waals surface area contributed by atoms with Crippen LogP contribution in [0.2, 0.25) is 0 Å². The lowest BCUT2D eigenvalue weighted by Crippen LogP contribution is -2.31. The quantitative estimate of drug-likeness (QED) is 0.419. The molecular formula is C27H27N3O. The zero-order valence-electron chi connectivity index (χ0n) is 18.2. The Kier molecular flexibility index (Phi) is 5.99. The highest BCUT2D eigenvalue weighted by atomic mass is 16.2. The Labute approximate surface area is 183 Å². The molecule has 3 aromatic carbocycles. The van der Waals surface area contributed by atoms with Crippen molar-refractivity contribution < 1.29 is 4.79 Å². The fraction of sp³-hybridized carbons (Fsp3) is 0.185. The monoisotopic (exact) mass is 409 g/mol. The van der Waals surface area contributed by atoms with Crippen molar-refractivity contribution in [1.29, 1.82) is 0 Å². The van der Waals surface area contributed by atoms with E-state index < -0.39 is 0 Å². The van der Waals surface area contributed by atoms with Crippen molar-refractivity contribution in [2.45, 2.75) is 26.9 Å². The molecule has 0 saturated carbocycles. The van der Waals surface area contributed by atoms with E-state index in [-0.39, 0.29) is 5.91 Å². The summed E-state index contributed by atoms with van der Waals surface area (Å²) in [7, 11) is 1.86. The smallest absolute Gasteiger partial charge is 0.274 e. The number of carbonyl (C=O) groups excluding carboxylic acids is 1. The summed E-state index contributed by atoms with van der Waals surface area (Å²) >= 11 is 0. The van der Waals surface area contributed by atoms with Crippen molar-refractivity contribution in [2.75, 3.05) is 0 Å². The fourth-order valence-electron chi connectivity index (χ4n) is 3.78. The molecule has 4 aromatic rings. The maximum Gasteiger partial charge on any atom is 0.274 e. The molecule has 0 fully saturated rings. The van der Waals surface area contributed by atoms with E-state index in [0.717, 1.165) is 27.9 Å². The van der Waals surface area contributed by atoms with Gasteiger partial charge < -0.3 is 4.90 Å². The molecule has 0 aliphatic rings. The number of aromatic nitrogens is 2. The summed E-state index contributed by atoms with van der Waals surface area (Å²) in [6.45, 7) is 5.08. The van der Waals surface area contributed by atoms with Gasteiger partial charge in [-0.25, -0.2) is 0 Å². The van der Waals surface area contributed by atoms with Crippen LogP contribution in [-0.2, 0) is 20.1 Å². The van der Waals surface area contributed by atoms with Crippen LogP contribution in [0.5, 0.6) is 0 Å².